The Morgan fingerprint density at radius 3 is 2.92 bits per heavy atom. The van der Waals surface area contributed by atoms with Crippen LogP contribution in [0.25, 0.3) is 5.78 Å². The van der Waals surface area contributed by atoms with Crippen LogP contribution in [0.15, 0.2) is 12.3 Å². The number of carbonyl (C=O) groups excluding carboxylic acids is 1. The minimum atomic E-state index is -0.0597. The van der Waals surface area contributed by atoms with Gasteiger partial charge in [-0.3, -0.25) is 4.79 Å². The highest BCUT2D eigenvalue weighted by atomic mass is 16.1. The van der Waals surface area contributed by atoms with E-state index in [0.717, 1.165) is 42.3 Å². The van der Waals surface area contributed by atoms with E-state index in [9.17, 15) is 4.79 Å². The second-order valence-electron chi connectivity index (χ2n) is 6.71. The van der Waals surface area contributed by atoms with E-state index >= 15 is 0 Å². The van der Waals surface area contributed by atoms with Gasteiger partial charge in [0.25, 0.3) is 5.78 Å². The molecular formula is C17H21N7O. The zero-order valence-corrected chi connectivity index (χ0v) is 14.7. The molecule has 1 amide bonds. The van der Waals surface area contributed by atoms with E-state index in [2.05, 4.69) is 29.9 Å². The largest absolute Gasteiger partial charge is 0.351 e. The van der Waals surface area contributed by atoms with Crippen LogP contribution in [0, 0.1) is 20.8 Å². The first-order valence-electron chi connectivity index (χ1n) is 8.50. The summed E-state index contributed by atoms with van der Waals surface area (Å²) in [5.41, 5.74) is 2.87. The van der Waals surface area contributed by atoms with Crippen molar-refractivity contribution in [1.29, 1.82) is 0 Å². The summed E-state index contributed by atoms with van der Waals surface area (Å²) in [4.78, 5) is 25.6. The first-order valence-corrected chi connectivity index (χ1v) is 8.50. The highest BCUT2D eigenvalue weighted by molar-refractivity contribution is 5.78. The number of hydrogen-bond acceptors (Lipinski definition) is 5. The molecule has 8 nitrogen and oxygen atoms in total. The fourth-order valence-corrected chi connectivity index (χ4v) is 3.41. The minimum Gasteiger partial charge on any atom is -0.351 e. The molecule has 0 aromatic carbocycles. The average Bonchev–Trinajstić information content (AvgIpc) is 3.08. The molecule has 1 atom stereocenters. The van der Waals surface area contributed by atoms with E-state index in [1.807, 2.05) is 33.0 Å². The molecule has 0 saturated heterocycles. The van der Waals surface area contributed by atoms with Gasteiger partial charge in [0.05, 0.1) is 12.1 Å². The molecule has 130 valence electrons. The smallest absolute Gasteiger partial charge is 0.252 e. The second-order valence-corrected chi connectivity index (χ2v) is 6.71. The monoisotopic (exact) mass is 339 g/mol. The van der Waals surface area contributed by atoms with Crippen molar-refractivity contribution in [2.24, 2.45) is 0 Å². The maximum atomic E-state index is 12.4. The molecule has 4 rings (SSSR count). The quantitative estimate of drug-likeness (QED) is 0.766. The molecule has 0 unspecified atom stereocenters. The molecule has 0 fully saturated rings. The molecule has 3 aromatic heterocycles. The molecule has 1 aliphatic rings. The van der Waals surface area contributed by atoms with Crippen LogP contribution in [0.3, 0.4) is 0 Å². The summed E-state index contributed by atoms with van der Waals surface area (Å²) in [5.74, 6) is 2.07. The Morgan fingerprint density at radius 2 is 2.08 bits per heavy atom. The van der Waals surface area contributed by atoms with E-state index < -0.39 is 0 Å². The number of aromatic nitrogens is 6. The molecule has 0 radical (unpaired) electrons. The zero-order chi connectivity index (χ0) is 17.6. The first-order chi connectivity index (χ1) is 12.0. The summed E-state index contributed by atoms with van der Waals surface area (Å²) in [7, 11) is 0. The van der Waals surface area contributed by atoms with Crippen molar-refractivity contribution in [3.05, 3.63) is 41.0 Å². The van der Waals surface area contributed by atoms with Crippen LogP contribution < -0.4 is 5.32 Å². The molecule has 3 aromatic rings. The van der Waals surface area contributed by atoms with Crippen LogP contribution in [0.1, 0.15) is 35.2 Å². The molecular weight excluding hydrogens is 318 g/mol. The average molecular weight is 339 g/mol. The van der Waals surface area contributed by atoms with Crippen molar-refractivity contribution < 1.29 is 4.79 Å². The zero-order valence-electron chi connectivity index (χ0n) is 14.7. The van der Waals surface area contributed by atoms with Gasteiger partial charge < -0.3 is 9.88 Å². The third kappa shape index (κ3) is 3.11. The summed E-state index contributed by atoms with van der Waals surface area (Å²) in [6.07, 6.45) is 3.98. The number of fused-ring (bicyclic) bond motifs is 2. The second kappa shape index (κ2) is 5.94. The highest BCUT2D eigenvalue weighted by Gasteiger charge is 2.22. The Labute approximate surface area is 145 Å². The number of nitrogens with zero attached hydrogens (tertiary/aromatic N) is 6. The summed E-state index contributed by atoms with van der Waals surface area (Å²) in [6.45, 7) is 6.63. The van der Waals surface area contributed by atoms with Gasteiger partial charge >= 0.3 is 0 Å². The maximum absolute atomic E-state index is 12.4. The van der Waals surface area contributed by atoms with Gasteiger partial charge in [0.15, 0.2) is 5.82 Å². The number of amides is 1. The predicted octanol–water partition coefficient (Wildman–Crippen LogP) is 0.920. The lowest BCUT2D eigenvalue weighted by molar-refractivity contribution is -0.121. The first kappa shape index (κ1) is 15.7. The summed E-state index contributed by atoms with van der Waals surface area (Å²) in [6, 6.07) is 2.06. The third-order valence-electron chi connectivity index (χ3n) is 4.46. The Hall–Kier alpha value is -2.77. The van der Waals surface area contributed by atoms with Gasteiger partial charge in [-0.25, -0.2) is 14.5 Å². The Balaban J connectivity index is 1.43. The number of carbonyl (C=O) groups is 1. The molecule has 1 aliphatic heterocycles. The van der Waals surface area contributed by atoms with Crippen molar-refractivity contribution in [2.45, 2.75) is 52.6 Å². The summed E-state index contributed by atoms with van der Waals surface area (Å²) in [5, 5.41) is 7.48. The Kier molecular flexibility index (Phi) is 3.74. The molecule has 0 spiro atoms. The van der Waals surface area contributed by atoms with E-state index in [1.165, 1.54) is 0 Å². The fraction of sp³-hybridized carbons (Fsp3) is 0.471. The predicted molar refractivity (Wildman–Crippen MR) is 91.2 cm³/mol. The minimum absolute atomic E-state index is 0.0597. The van der Waals surface area contributed by atoms with Crippen LogP contribution in [0.2, 0.25) is 0 Å². The lowest BCUT2D eigenvalue weighted by Gasteiger charge is -2.24. The molecule has 0 saturated carbocycles. The molecule has 8 heteroatoms. The van der Waals surface area contributed by atoms with Crippen LogP contribution in [-0.4, -0.2) is 41.1 Å². The SMILES string of the molecule is Cc1cn2c(n1)CC[C@@H](NC(=O)Cc1nc3nc(C)cc(C)n3n1)C2. The highest BCUT2D eigenvalue weighted by Crippen LogP contribution is 2.15. The fourth-order valence-electron chi connectivity index (χ4n) is 3.41. The van der Waals surface area contributed by atoms with Crippen molar-refractivity contribution in [1.82, 2.24) is 34.4 Å². The van der Waals surface area contributed by atoms with Crippen molar-refractivity contribution in [3.63, 3.8) is 0 Å². The number of aryl methyl sites for hydroxylation is 4. The van der Waals surface area contributed by atoms with E-state index in [1.54, 1.807) is 4.52 Å². The lowest BCUT2D eigenvalue weighted by atomic mass is 10.1. The lowest BCUT2D eigenvalue weighted by Crippen LogP contribution is -2.41. The van der Waals surface area contributed by atoms with Gasteiger partial charge in [0, 0.05) is 36.6 Å². The van der Waals surface area contributed by atoms with Gasteiger partial charge in [-0.1, -0.05) is 0 Å². The van der Waals surface area contributed by atoms with Gasteiger partial charge in [-0.2, -0.15) is 4.98 Å². The van der Waals surface area contributed by atoms with E-state index in [-0.39, 0.29) is 18.4 Å². The van der Waals surface area contributed by atoms with Crippen LogP contribution in [0.5, 0.6) is 0 Å². The van der Waals surface area contributed by atoms with Crippen molar-refractivity contribution in [2.75, 3.05) is 0 Å². The molecule has 0 aliphatic carbocycles. The summed E-state index contributed by atoms with van der Waals surface area (Å²) >= 11 is 0. The molecule has 0 bridgehead atoms. The van der Waals surface area contributed by atoms with Gasteiger partial charge in [-0.05, 0) is 33.3 Å². The third-order valence-corrected chi connectivity index (χ3v) is 4.46. The van der Waals surface area contributed by atoms with Gasteiger partial charge in [0.2, 0.25) is 5.91 Å². The van der Waals surface area contributed by atoms with Crippen molar-refractivity contribution in [3.8, 4) is 0 Å². The van der Waals surface area contributed by atoms with Gasteiger partial charge in [-0.15, -0.1) is 5.10 Å². The van der Waals surface area contributed by atoms with Crippen LogP contribution in [0.4, 0.5) is 0 Å². The standard InChI is InChI=1S/C17H21N7O/c1-10-6-12(3)24-17(19-10)21-14(22-24)7-16(25)20-13-4-5-15-18-11(2)8-23(15)9-13/h6,8,13H,4-5,7,9H2,1-3H3,(H,20,25)/t13-/m1/s1. The van der Waals surface area contributed by atoms with Crippen LogP contribution >= 0.6 is 0 Å². The maximum Gasteiger partial charge on any atom is 0.252 e. The number of imidazole rings is 1. The van der Waals surface area contributed by atoms with Gasteiger partial charge in [0.1, 0.15) is 5.82 Å². The molecule has 4 heterocycles. The summed E-state index contributed by atoms with van der Waals surface area (Å²) < 4.78 is 3.81. The number of nitrogens with one attached hydrogen (secondary N) is 1. The Bertz CT molecular complexity index is 955. The normalized spacial score (nSPS) is 16.8. The topological polar surface area (TPSA) is 90.0 Å². The van der Waals surface area contributed by atoms with E-state index in [0.29, 0.717) is 11.6 Å². The molecule has 25 heavy (non-hydrogen) atoms. The number of rotatable bonds is 3. The van der Waals surface area contributed by atoms with Crippen molar-refractivity contribution >= 4 is 11.7 Å². The van der Waals surface area contributed by atoms with E-state index in [4.69, 9.17) is 0 Å². The Morgan fingerprint density at radius 1 is 1.24 bits per heavy atom. The number of hydrogen-bond donors (Lipinski definition) is 1. The molecule has 1 N–H and O–H groups in total. The van der Waals surface area contributed by atoms with Crippen LogP contribution in [-0.2, 0) is 24.2 Å².